The Morgan fingerprint density at radius 1 is 0.619 bits per heavy atom. The molecule has 4 rings (SSSR count). The first-order valence-corrected chi connectivity index (χ1v) is 7.06. The normalized spacial score (nSPS) is 11.0. The van der Waals surface area contributed by atoms with Crippen LogP contribution in [0.3, 0.4) is 0 Å². The summed E-state index contributed by atoms with van der Waals surface area (Å²) in [4.78, 5) is 8.72. The highest BCUT2D eigenvalue weighted by Crippen LogP contribution is 2.19. The number of hydrogen-bond acceptors (Lipinski definition) is 2. The molecule has 0 aliphatic carbocycles. The molecule has 0 fully saturated rings. The number of rotatable bonds is 2. The number of benzene rings is 2. The summed E-state index contributed by atoms with van der Waals surface area (Å²) in [5, 5.41) is 2.38. The van der Waals surface area contributed by atoms with Gasteiger partial charge in [-0.25, -0.2) is 0 Å². The molecular weight excluding hydrogens is 256 g/mol. The quantitative estimate of drug-likeness (QED) is 0.540. The van der Waals surface area contributed by atoms with Gasteiger partial charge in [-0.3, -0.25) is 9.97 Å². The largest absolute Gasteiger partial charge is 0.256 e. The Bertz CT molecular complexity index is 851. The molecule has 0 unspecified atom stereocenters. The molecular formula is C19H14N2. The average Bonchev–Trinajstić information content (AvgIpc) is 2.55. The van der Waals surface area contributed by atoms with Gasteiger partial charge in [-0.2, -0.15) is 0 Å². The van der Waals surface area contributed by atoms with Crippen molar-refractivity contribution < 1.29 is 0 Å². The van der Waals surface area contributed by atoms with Gasteiger partial charge in [-0.05, 0) is 53.9 Å². The highest BCUT2D eigenvalue weighted by Gasteiger charge is 2.01. The highest BCUT2D eigenvalue weighted by atomic mass is 14.6. The first-order chi connectivity index (χ1) is 10.4. The molecule has 2 nitrogen and oxygen atoms in total. The second-order valence-electron chi connectivity index (χ2n) is 5.24. The zero-order valence-corrected chi connectivity index (χ0v) is 11.5. The Morgan fingerprint density at radius 3 is 1.67 bits per heavy atom. The van der Waals surface area contributed by atoms with Gasteiger partial charge in [0.05, 0.1) is 11.0 Å². The molecule has 0 atom stereocenters. The van der Waals surface area contributed by atoms with Gasteiger partial charge >= 0.3 is 0 Å². The molecule has 21 heavy (non-hydrogen) atoms. The van der Waals surface area contributed by atoms with Crippen LogP contribution in [-0.4, -0.2) is 9.97 Å². The summed E-state index contributed by atoms with van der Waals surface area (Å²) in [5.41, 5.74) is 4.70. The van der Waals surface area contributed by atoms with E-state index in [1.165, 1.54) is 21.9 Å². The molecule has 0 N–H and O–H groups in total. The fourth-order valence-electron chi connectivity index (χ4n) is 2.71. The van der Waals surface area contributed by atoms with Crippen molar-refractivity contribution in [3.05, 3.63) is 84.2 Å². The lowest BCUT2D eigenvalue weighted by molar-refractivity contribution is 1.20. The van der Waals surface area contributed by atoms with Gasteiger partial charge in [0.25, 0.3) is 0 Å². The minimum atomic E-state index is 0.926. The van der Waals surface area contributed by atoms with E-state index in [4.69, 9.17) is 0 Å². The number of pyridine rings is 2. The van der Waals surface area contributed by atoms with Gasteiger partial charge < -0.3 is 0 Å². The molecule has 2 aromatic carbocycles. The van der Waals surface area contributed by atoms with Gasteiger partial charge in [-0.1, -0.05) is 24.3 Å². The molecule has 0 spiro atoms. The molecule has 0 saturated heterocycles. The summed E-state index contributed by atoms with van der Waals surface area (Å²) >= 11 is 0. The molecule has 2 aromatic heterocycles. The second kappa shape index (κ2) is 4.98. The predicted octanol–water partition coefficient (Wildman–Crippen LogP) is 4.37. The zero-order chi connectivity index (χ0) is 14.1. The van der Waals surface area contributed by atoms with E-state index in [1.807, 2.05) is 24.5 Å². The second-order valence-corrected chi connectivity index (χ2v) is 5.24. The summed E-state index contributed by atoms with van der Waals surface area (Å²) in [6, 6.07) is 21.1. The molecule has 100 valence electrons. The number of nitrogens with zero attached hydrogens (tertiary/aromatic N) is 2. The van der Waals surface area contributed by atoms with Crippen molar-refractivity contribution in [1.82, 2.24) is 9.97 Å². The summed E-state index contributed by atoms with van der Waals surface area (Å²) < 4.78 is 0. The highest BCUT2D eigenvalue weighted by molar-refractivity contribution is 5.80. The van der Waals surface area contributed by atoms with Crippen LogP contribution in [0.1, 0.15) is 11.1 Å². The van der Waals surface area contributed by atoms with Gasteiger partial charge in [0, 0.05) is 23.2 Å². The summed E-state index contributed by atoms with van der Waals surface area (Å²) in [6.07, 6.45) is 4.59. The number of aromatic nitrogens is 2. The van der Waals surface area contributed by atoms with Gasteiger partial charge in [0.1, 0.15) is 0 Å². The third kappa shape index (κ3) is 2.36. The van der Waals surface area contributed by atoms with E-state index in [0.29, 0.717) is 0 Å². The van der Waals surface area contributed by atoms with Crippen LogP contribution in [0.25, 0.3) is 21.8 Å². The van der Waals surface area contributed by atoms with Crippen LogP contribution >= 0.6 is 0 Å². The molecule has 0 saturated carbocycles. The van der Waals surface area contributed by atoms with E-state index in [1.54, 1.807) is 0 Å². The SMILES string of the molecule is c1cnc2ccc(Cc3ccc4ncccc4c3)cc2c1. The maximum absolute atomic E-state index is 4.36. The Labute approximate surface area is 123 Å². The van der Waals surface area contributed by atoms with E-state index in [9.17, 15) is 0 Å². The average molecular weight is 270 g/mol. The van der Waals surface area contributed by atoms with Crippen molar-refractivity contribution in [2.24, 2.45) is 0 Å². The van der Waals surface area contributed by atoms with E-state index < -0.39 is 0 Å². The minimum absolute atomic E-state index is 0.926. The molecule has 2 heteroatoms. The molecule has 0 aliphatic rings. The smallest absolute Gasteiger partial charge is 0.0702 e. The van der Waals surface area contributed by atoms with Crippen molar-refractivity contribution in [1.29, 1.82) is 0 Å². The fraction of sp³-hybridized carbons (Fsp3) is 0.0526. The molecule has 0 aliphatic heterocycles. The lowest BCUT2D eigenvalue weighted by Crippen LogP contribution is -1.89. The maximum atomic E-state index is 4.36. The predicted molar refractivity (Wildman–Crippen MR) is 86.3 cm³/mol. The van der Waals surface area contributed by atoms with E-state index >= 15 is 0 Å². The van der Waals surface area contributed by atoms with Crippen LogP contribution in [0.15, 0.2) is 73.1 Å². The van der Waals surface area contributed by atoms with Crippen molar-refractivity contribution in [3.63, 3.8) is 0 Å². The van der Waals surface area contributed by atoms with E-state index in [0.717, 1.165) is 17.5 Å². The maximum Gasteiger partial charge on any atom is 0.0702 e. The monoisotopic (exact) mass is 270 g/mol. The third-order valence-electron chi connectivity index (χ3n) is 3.74. The Morgan fingerprint density at radius 2 is 1.14 bits per heavy atom. The van der Waals surface area contributed by atoms with Crippen LogP contribution in [0.5, 0.6) is 0 Å². The van der Waals surface area contributed by atoms with Gasteiger partial charge in [0.15, 0.2) is 0 Å². The standard InChI is InChI=1S/C19H14N2/c1-3-16-12-14(5-7-18(16)20-9-1)11-15-6-8-19-17(13-15)4-2-10-21-19/h1-10,12-13H,11H2. The molecule has 4 aromatic rings. The Balaban J connectivity index is 1.71. The minimum Gasteiger partial charge on any atom is -0.256 e. The molecule has 0 amide bonds. The molecule has 0 radical (unpaired) electrons. The first kappa shape index (κ1) is 12.0. The fourth-order valence-corrected chi connectivity index (χ4v) is 2.71. The van der Waals surface area contributed by atoms with Crippen LogP contribution in [0, 0.1) is 0 Å². The lowest BCUT2D eigenvalue weighted by Gasteiger charge is -2.05. The van der Waals surface area contributed by atoms with E-state index in [2.05, 4.69) is 58.5 Å². The number of hydrogen-bond donors (Lipinski definition) is 0. The lowest BCUT2D eigenvalue weighted by atomic mass is 10.0. The number of fused-ring (bicyclic) bond motifs is 2. The molecule has 0 bridgehead atoms. The zero-order valence-electron chi connectivity index (χ0n) is 11.5. The Kier molecular flexibility index (Phi) is 2.86. The van der Waals surface area contributed by atoms with Crippen LogP contribution in [-0.2, 0) is 6.42 Å². The third-order valence-corrected chi connectivity index (χ3v) is 3.74. The topological polar surface area (TPSA) is 25.8 Å². The van der Waals surface area contributed by atoms with E-state index in [-0.39, 0.29) is 0 Å². The van der Waals surface area contributed by atoms with Crippen molar-refractivity contribution >= 4 is 21.8 Å². The van der Waals surface area contributed by atoms with Crippen molar-refractivity contribution in [2.45, 2.75) is 6.42 Å². The van der Waals surface area contributed by atoms with Crippen LogP contribution in [0.4, 0.5) is 0 Å². The van der Waals surface area contributed by atoms with Gasteiger partial charge in [-0.15, -0.1) is 0 Å². The Hall–Kier alpha value is -2.74. The summed E-state index contributed by atoms with van der Waals surface area (Å²) in [6.45, 7) is 0. The van der Waals surface area contributed by atoms with Crippen LogP contribution in [0.2, 0.25) is 0 Å². The van der Waals surface area contributed by atoms with Gasteiger partial charge in [0.2, 0.25) is 0 Å². The van der Waals surface area contributed by atoms with Crippen LogP contribution < -0.4 is 0 Å². The van der Waals surface area contributed by atoms with Crippen molar-refractivity contribution in [2.75, 3.05) is 0 Å². The molecule has 2 heterocycles. The first-order valence-electron chi connectivity index (χ1n) is 7.06. The summed E-state index contributed by atoms with van der Waals surface area (Å²) in [5.74, 6) is 0. The van der Waals surface area contributed by atoms with Crippen molar-refractivity contribution in [3.8, 4) is 0 Å². The summed E-state index contributed by atoms with van der Waals surface area (Å²) in [7, 11) is 0.